The van der Waals surface area contributed by atoms with Gasteiger partial charge in [-0.2, -0.15) is 13.2 Å². The second-order valence-corrected chi connectivity index (χ2v) is 3.15. The van der Waals surface area contributed by atoms with Crippen LogP contribution in [0.4, 0.5) is 13.2 Å². The quantitative estimate of drug-likeness (QED) is 0.752. The van der Waals surface area contributed by atoms with Crippen LogP contribution in [0.3, 0.4) is 0 Å². The van der Waals surface area contributed by atoms with Gasteiger partial charge in [0.25, 0.3) is 0 Å². The van der Waals surface area contributed by atoms with E-state index in [0.29, 0.717) is 18.6 Å². The second kappa shape index (κ2) is 4.55. The number of ether oxygens (including phenoxy) is 1. The van der Waals surface area contributed by atoms with Crippen molar-refractivity contribution in [1.82, 2.24) is 0 Å². The zero-order valence-corrected chi connectivity index (χ0v) is 8.69. The average molecular weight is 218 g/mol. The second-order valence-electron chi connectivity index (χ2n) is 3.15. The zero-order valence-electron chi connectivity index (χ0n) is 8.69. The van der Waals surface area contributed by atoms with Crippen molar-refractivity contribution in [3.8, 4) is 5.75 Å². The van der Waals surface area contributed by atoms with Crippen molar-refractivity contribution in [3.05, 3.63) is 29.3 Å². The third-order valence-corrected chi connectivity index (χ3v) is 2.01. The highest BCUT2D eigenvalue weighted by Crippen LogP contribution is 2.32. The molecule has 1 rings (SSSR count). The number of hydrogen-bond acceptors (Lipinski definition) is 1. The molecule has 0 bridgehead atoms. The van der Waals surface area contributed by atoms with Crippen LogP contribution < -0.4 is 4.74 Å². The van der Waals surface area contributed by atoms with E-state index in [-0.39, 0.29) is 5.75 Å². The summed E-state index contributed by atoms with van der Waals surface area (Å²) in [7, 11) is 0. The summed E-state index contributed by atoms with van der Waals surface area (Å²) in [5.74, 6) is 0.282. The van der Waals surface area contributed by atoms with Gasteiger partial charge in [0.2, 0.25) is 0 Å². The molecule has 1 aromatic rings. The van der Waals surface area contributed by atoms with Crippen LogP contribution in [0.25, 0.3) is 0 Å². The monoisotopic (exact) mass is 218 g/mol. The standard InChI is InChI=1S/C11H13F3O/c1-3-8-5-9(11(12,13)14)7-10(6-8)15-4-2/h5-7H,3-4H2,1-2H3. The van der Waals surface area contributed by atoms with Crippen molar-refractivity contribution >= 4 is 0 Å². The largest absolute Gasteiger partial charge is 0.494 e. The minimum absolute atomic E-state index is 0.282. The Balaban J connectivity index is 3.11. The van der Waals surface area contributed by atoms with Gasteiger partial charge in [0, 0.05) is 0 Å². The van der Waals surface area contributed by atoms with Gasteiger partial charge in [0.1, 0.15) is 5.75 Å². The maximum atomic E-state index is 12.5. The van der Waals surface area contributed by atoms with Gasteiger partial charge in [0.05, 0.1) is 12.2 Å². The summed E-state index contributed by atoms with van der Waals surface area (Å²) in [6.45, 7) is 3.92. The van der Waals surface area contributed by atoms with Crippen LogP contribution in [-0.4, -0.2) is 6.61 Å². The van der Waals surface area contributed by atoms with E-state index >= 15 is 0 Å². The number of benzene rings is 1. The first kappa shape index (κ1) is 11.9. The molecule has 0 heterocycles. The fraction of sp³-hybridized carbons (Fsp3) is 0.455. The van der Waals surface area contributed by atoms with Crippen molar-refractivity contribution < 1.29 is 17.9 Å². The highest BCUT2D eigenvalue weighted by Gasteiger charge is 2.31. The molecular weight excluding hydrogens is 205 g/mol. The normalized spacial score (nSPS) is 11.5. The van der Waals surface area contributed by atoms with Gasteiger partial charge >= 0.3 is 6.18 Å². The van der Waals surface area contributed by atoms with Gasteiger partial charge < -0.3 is 4.74 Å². The fourth-order valence-corrected chi connectivity index (χ4v) is 1.28. The molecule has 4 heteroatoms. The molecule has 1 nitrogen and oxygen atoms in total. The molecule has 0 amide bonds. The maximum absolute atomic E-state index is 12.5. The SMILES string of the molecule is CCOc1cc(CC)cc(C(F)(F)F)c1. The summed E-state index contributed by atoms with van der Waals surface area (Å²) in [5.41, 5.74) is -0.0152. The van der Waals surface area contributed by atoms with Gasteiger partial charge in [-0.1, -0.05) is 6.92 Å². The van der Waals surface area contributed by atoms with E-state index in [1.165, 1.54) is 0 Å². The van der Waals surface area contributed by atoms with Gasteiger partial charge in [-0.25, -0.2) is 0 Å². The summed E-state index contributed by atoms with van der Waals surface area (Å²) in [5, 5.41) is 0. The van der Waals surface area contributed by atoms with E-state index in [1.807, 2.05) is 6.92 Å². The fourth-order valence-electron chi connectivity index (χ4n) is 1.28. The lowest BCUT2D eigenvalue weighted by Crippen LogP contribution is -2.06. The Morgan fingerprint density at radius 3 is 2.27 bits per heavy atom. The molecule has 15 heavy (non-hydrogen) atoms. The van der Waals surface area contributed by atoms with Crippen LogP contribution >= 0.6 is 0 Å². The van der Waals surface area contributed by atoms with Crippen LogP contribution in [0.5, 0.6) is 5.75 Å². The Hall–Kier alpha value is -1.19. The highest BCUT2D eigenvalue weighted by molar-refractivity contribution is 5.36. The smallest absolute Gasteiger partial charge is 0.416 e. The maximum Gasteiger partial charge on any atom is 0.416 e. The van der Waals surface area contributed by atoms with E-state index in [2.05, 4.69) is 0 Å². The molecule has 0 spiro atoms. The summed E-state index contributed by atoms with van der Waals surface area (Å²) < 4.78 is 42.5. The molecule has 0 radical (unpaired) electrons. The van der Waals surface area contributed by atoms with Crippen LogP contribution in [-0.2, 0) is 12.6 Å². The number of alkyl halides is 3. The van der Waals surface area contributed by atoms with E-state index in [1.54, 1.807) is 13.0 Å². The predicted octanol–water partition coefficient (Wildman–Crippen LogP) is 3.67. The molecule has 0 aliphatic carbocycles. The Kier molecular flexibility index (Phi) is 3.61. The van der Waals surface area contributed by atoms with E-state index in [0.717, 1.165) is 12.1 Å². The summed E-state index contributed by atoms with van der Waals surface area (Å²) in [4.78, 5) is 0. The first-order valence-electron chi connectivity index (χ1n) is 4.81. The summed E-state index contributed by atoms with van der Waals surface area (Å²) in [6, 6.07) is 3.82. The molecule has 0 aromatic heterocycles. The minimum Gasteiger partial charge on any atom is -0.494 e. The average Bonchev–Trinajstić information content (AvgIpc) is 2.16. The lowest BCUT2D eigenvalue weighted by molar-refractivity contribution is -0.137. The van der Waals surface area contributed by atoms with E-state index < -0.39 is 11.7 Å². The van der Waals surface area contributed by atoms with Gasteiger partial charge in [-0.05, 0) is 37.1 Å². The van der Waals surface area contributed by atoms with Crippen molar-refractivity contribution in [2.75, 3.05) is 6.61 Å². The zero-order chi connectivity index (χ0) is 11.5. The molecule has 0 atom stereocenters. The van der Waals surface area contributed by atoms with Crippen molar-refractivity contribution in [3.63, 3.8) is 0 Å². The van der Waals surface area contributed by atoms with Gasteiger partial charge in [0.15, 0.2) is 0 Å². The molecular formula is C11H13F3O. The van der Waals surface area contributed by atoms with E-state index in [9.17, 15) is 13.2 Å². The molecule has 84 valence electrons. The molecule has 0 saturated heterocycles. The van der Waals surface area contributed by atoms with Crippen LogP contribution in [0, 0.1) is 0 Å². The van der Waals surface area contributed by atoms with Crippen molar-refractivity contribution in [2.24, 2.45) is 0 Å². The third kappa shape index (κ3) is 3.15. The summed E-state index contributed by atoms with van der Waals surface area (Å²) >= 11 is 0. The lowest BCUT2D eigenvalue weighted by atomic mass is 10.1. The number of rotatable bonds is 3. The molecule has 0 aliphatic rings. The lowest BCUT2D eigenvalue weighted by Gasteiger charge is -2.11. The highest BCUT2D eigenvalue weighted by atomic mass is 19.4. The van der Waals surface area contributed by atoms with Crippen molar-refractivity contribution in [1.29, 1.82) is 0 Å². The van der Waals surface area contributed by atoms with Crippen molar-refractivity contribution in [2.45, 2.75) is 26.4 Å². The summed E-state index contributed by atoms with van der Waals surface area (Å²) in [6.07, 6.45) is -3.75. The van der Waals surface area contributed by atoms with Gasteiger partial charge in [-0.3, -0.25) is 0 Å². The first-order valence-corrected chi connectivity index (χ1v) is 4.81. The Bertz CT molecular complexity index is 331. The minimum atomic E-state index is -4.31. The number of halogens is 3. The Labute approximate surface area is 86.9 Å². The third-order valence-electron chi connectivity index (χ3n) is 2.01. The molecule has 0 aliphatic heterocycles. The van der Waals surface area contributed by atoms with Crippen LogP contribution in [0.1, 0.15) is 25.0 Å². The predicted molar refractivity (Wildman–Crippen MR) is 52.0 cm³/mol. The first-order chi connectivity index (χ1) is 6.97. The molecule has 1 aromatic carbocycles. The number of aryl methyl sites for hydroxylation is 1. The van der Waals surface area contributed by atoms with Crippen LogP contribution in [0.2, 0.25) is 0 Å². The van der Waals surface area contributed by atoms with Crippen LogP contribution in [0.15, 0.2) is 18.2 Å². The molecule has 0 N–H and O–H groups in total. The topological polar surface area (TPSA) is 9.23 Å². The molecule has 0 saturated carbocycles. The Morgan fingerprint density at radius 1 is 1.13 bits per heavy atom. The van der Waals surface area contributed by atoms with E-state index in [4.69, 9.17) is 4.74 Å². The van der Waals surface area contributed by atoms with Gasteiger partial charge in [-0.15, -0.1) is 0 Å². The Morgan fingerprint density at radius 2 is 1.80 bits per heavy atom. The number of hydrogen-bond donors (Lipinski definition) is 0. The molecule has 0 unspecified atom stereocenters. The molecule has 0 fully saturated rings.